The normalized spacial score (nSPS) is 19.2. The molecule has 0 saturated carbocycles. The predicted octanol–water partition coefficient (Wildman–Crippen LogP) is 2.73. The lowest BCUT2D eigenvalue weighted by atomic mass is 10.0. The first-order valence-corrected chi connectivity index (χ1v) is 5.99. The minimum absolute atomic E-state index is 0. The molecule has 0 radical (unpaired) electrons. The zero-order valence-electron chi connectivity index (χ0n) is 11.0. The SMILES string of the molecule is CN(C)c1ccc2c(c1)C1=CC(N)=CC=CC1O2.Cl. The van der Waals surface area contributed by atoms with Gasteiger partial charge >= 0.3 is 0 Å². The van der Waals surface area contributed by atoms with Gasteiger partial charge in [0, 0.05) is 36.6 Å². The summed E-state index contributed by atoms with van der Waals surface area (Å²) in [6.07, 6.45) is 7.85. The average Bonchev–Trinajstić information content (AvgIpc) is 2.56. The van der Waals surface area contributed by atoms with Crippen LogP contribution in [0.1, 0.15) is 5.56 Å². The number of nitrogens with zero attached hydrogens (tertiary/aromatic N) is 1. The third kappa shape index (κ3) is 2.34. The van der Waals surface area contributed by atoms with Gasteiger partial charge in [0.2, 0.25) is 0 Å². The Morgan fingerprint density at radius 2 is 2.05 bits per heavy atom. The quantitative estimate of drug-likeness (QED) is 0.857. The molecule has 19 heavy (non-hydrogen) atoms. The van der Waals surface area contributed by atoms with E-state index in [1.807, 2.05) is 44.5 Å². The number of allylic oxidation sites excluding steroid dienone is 3. The van der Waals surface area contributed by atoms with E-state index < -0.39 is 0 Å². The number of rotatable bonds is 1. The van der Waals surface area contributed by atoms with E-state index in [0.29, 0.717) is 0 Å². The first kappa shape index (κ1) is 13.6. The van der Waals surface area contributed by atoms with Crippen LogP contribution in [0.4, 0.5) is 5.69 Å². The number of hydrogen-bond acceptors (Lipinski definition) is 3. The van der Waals surface area contributed by atoms with Crippen molar-refractivity contribution in [3.8, 4) is 5.75 Å². The average molecular weight is 277 g/mol. The Hall–Kier alpha value is -1.87. The Morgan fingerprint density at radius 1 is 1.26 bits per heavy atom. The van der Waals surface area contributed by atoms with Gasteiger partial charge in [-0.2, -0.15) is 0 Å². The molecule has 1 unspecified atom stereocenters. The fourth-order valence-corrected chi connectivity index (χ4v) is 2.28. The fraction of sp³-hybridized carbons (Fsp3) is 0.200. The summed E-state index contributed by atoms with van der Waals surface area (Å²) in [6.45, 7) is 0. The Balaban J connectivity index is 0.00000133. The molecule has 1 aromatic carbocycles. The van der Waals surface area contributed by atoms with Gasteiger partial charge in [0.05, 0.1) is 0 Å². The summed E-state index contributed by atoms with van der Waals surface area (Å²) in [5, 5.41) is 0. The standard InChI is InChI=1S/C15H16N2O.ClH/c1-17(2)11-6-7-15-13(9-11)12-8-10(16)4-3-5-14(12)18-15;/h3-9,14H,16H2,1-2H3;1H. The van der Waals surface area contributed by atoms with Crippen molar-refractivity contribution in [2.75, 3.05) is 19.0 Å². The van der Waals surface area contributed by atoms with Crippen LogP contribution in [0.2, 0.25) is 0 Å². The van der Waals surface area contributed by atoms with Gasteiger partial charge in [0.1, 0.15) is 11.9 Å². The summed E-state index contributed by atoms with van der Waals surface area (Å²) in [4.78, 5) is 2.08. The van der Waals surface area contributed by atoms with Crippen molar-refractivity contribution >= 4 is 23.7 Å². The minimum Gasteiger partial charge on any atom is -0.481 e. The van der Waals surface area contributed by atoms with Gasteiger partial charge in [-0.25, -0.2) is 0 Å². The first-order chi connectivity index (χ1) is 8.65. The molecule has 1 aromatic rings. The lowest BCUT2D eigenvalue weighted by molar-refractivity contribution is 0.323. The maximum atomic E-state index is 5.91. The molecule has 2 aliphatic rings. The zero-order valence-corrected chi connectivity index (χ0v) is 11.8. The van der Waals surface area contributed by atoms with E-state index in [0.717, 1.165) is 28.3 Å². The monoisotopic (exact) mass is 276 g/mol. The van der Waals surface area contributed by atoms with Crippen LogP contribution in [-0.4, -0.2) is 20.2 Å². The lowest BCUT2D eigenvalue weighted by Crippen LogP contribution is -2.08. The predicted molar refractivity (Wildman–Crippen MR) is 81.8 cm³/mol. The lowest BCUT2D eigenvalue weighted by Gasteiger charge is -2.13. The summed E-state index contributed by atoms with van der Waals surface area (Å²) in [5.41, 5.74) is 10.1. The third-order valence-corrected chi connectivity index (χ3v) is 3.25. The molecule has 0 amide bonds. The van der Waals surface area contributed by atoms with Gasteiger partial charge in [-0.1, -0.05) is 6.08 Å². The van der Waals surface area contributed by atoms with Crippen LogP contribution < -0.4 is 15.4 Å². The molecular weight excluding hydrogens is 260 g/mol. The van der Waals surface area contributed by atoms with Crippen molar-refractivity contribution in [1.82, 2.24) is 0 Å². The van der Waals surface area contributed by atoms with Gasteiger partial charge in [-0.05, 0) is 36.4 Å². The van der Waals surface area contributed by atoms with Crippen LogP contribution in [0.15, 0.2) is 48.2 Å². The summed E-state index contributed by atoms with van der Waals surface area (Å²) in [6, 6.07) is 6.23. The van der Waals surface area contributed by atoms with Gasteiger partial charge in [-0.3, -0.25) is 0 Å². The minimum atomic E-state index is -0.0188. The second-order valence-corrected chi connectivity index (χ2v) is 4.76. The molecule has 0 fully saturated rings. The molecule has 3 nitrogen and oxygen atoms in total. The van der Waals surface area contributed by atoms with Crippen molar-refractivity contribution in [1.29, 1.82) is 0 Å². The maximum Gasteiger partial charge on any atom is 0.143 e. The van der Waals surface area contributed by atoms with E-state index in [2.05, 4.69) is 17.0 Å². The molecule has 3 rings (SSSR count). The number of nitrogens with two attached hydrogens (primary N) is 1. The first-order valence-electron chi connectivity index (χ1n) is 5.99. The highest BCUT2D eigenvalue weighted by Crippen LogP contribution is 2.40. The third-order valence-electron chi connectivity index (χ3n) is 3.25. The van der Waals surface area contributed by atoms with Gasteiger partial charge in [-0.15, -0.1) is 12.4 Å². The topological polar surface area (TPSA) is 38.5 Å². The highest BCUT2D eigenvalue weighted by atomic mass is 35.5. The van der Waals surface area contributed by atoms with Crippen LogP contribution in [0, 0.1) is 0 Å². The van der Waals surface area contributed by atoms with Crippen molar-refractivity contribution in [2.24, 2.45) is 5.73 Å². The number of halogens is 1. The number of ether oxygens (including phenoxy) is 1. The Morgan fingerprint density at radius 3 is 2.79 bits per heavy atom. The van der Waals surface area contributed by atoms with E-state index >= 15 is 0 Å². The van der Waals surface area contributed by atoms with Crippen LogP contribution in [0.25, 0.3) is 5.57 Å². The van der Waals surface area contributed by atoms with Gasteiger partial charge in [0.15, 0.2) is 0 Å². The second kappa shape index (κ2) is 5.02. The van der Waals surface area contributed by atoms with E-state index in [1.54, 1.807) is 0 Å². The van der Waals surface area contributed by atoms with Gasteiger partial charge < -0.3 is 15.4 Å². The van der Waals surface area contributed by atoms with E-state index in [4.69, 9.17) is 10.5 Å². The maximum absolute atomic E-state index is 5.91. The van der Waals surface area contributed by atoms with Crippen LogP contribution in [-0.2, 0) is 0 Å². The van der Waals surface area contributed by atoms with Crippen molar-refractivity contribution in [3.05, 3.63) is 53.8 Å². The molecule has 2 N–H and O–H groups in total. The second-order valence-electron chi connectivity index (χ2n) is 4.76. The highest BCUT2D eigenvalue weighted by Gasteiger charge is 2.27. The van der Waals surface area contributed by atoms with E-state index in [1.165, 1.54) is 0 Å². The molecule has 4 heteroatoms. The number of hydrogen-bond donors (Lipinski definition) is 1. The summed E-state index contributed by atoms with van der Waals surface area (Å²) < 4.78 is 5.91. The van der Waals surface area contributed by atoms with E-state index in [9.17, 15) is 0 Å². The summed E-state index contributed by atoms with van der Waals surface area (Å²) in [5.74, 6) is 0.927. The molecule has 1 atom stereocenters. The molecule has 100 valence electrons. The molecule has 0 bridgehead atoms. The van der Waals surface area contributed by atoms with Crippen molar-refractivity contribution < 1.29 is 4.74 Å². The Labute approximate surface area is 119 Å². The van der Waals surface area contributed by atoms with Crippen LogP contribution in [0.5, 0.6) is 5.75 Å². The molecule has 1 aliphatic carbocycles. The molecule has 1 heterocycles. The van der Waals surface area contributed by atoms with E-state index in [-0.39, 0.29) is 18.5 Å². The Bertz CT molecular complexity index is 588. The molecule has 0 saturated heterocycles. The van der Waals surface area contributed by atoms with Crippen LogP contribution >= 0.6 is 12.4 Å². The number of anilines is 1. The van der Waals surface area contributed by atoms with Crippen LogP contribution in [0.3, 0.4) is 0 Å². The number of benzene rings is 1. The molecule has 0 aromatic heterocycles. The fourth-order valence-electron chi connectivity index (χ4n) is 2.28. The zero-order chi connectivity index (χ0) is 12.7. The number of fused-ring (bicyclic) bond motifs is 3. The molecule has 0 spiro atoms. The summed E-state index contributed by atoms with van der Waals surface area (Å²) in [7, 11) is 4.06. The largest absolute Gasteiger partial charge is 0.481 e. The highest BCUT2D eigenvalue weighted by molar-refractivity contribution is 5.85. The molecule has 1 aliphatic heterocycles. The smallest absolute Gasteiger partial charge is 0.143 e. The van der Waals surface area contributed by atoms with Crippen molar-refractivity contribution in [2.45, 2.75) is 6.10 Å². The molecular formula is C15H17ClN2O. The Kier molecular flexibility index (Phi) is 3.58. The summed E-state index contributed by atoms with van der Waals surface area (Å²) >= 11 is 0. The van der Waals surface area contributed by atoms with Gasteiger partial charge in [0.25, 0.3) is 0 Å². The van der Waals surface area contributed by atoms with Crippen molar-refractivity contribution in [3.63, 3.8) is 0 Å².